The molecule has 1 aromatic rings. The fraction of sp³-hybridized carbons (Fsp3) is 0.429. The van der Waals surface area contributed by atoms with E-state index in [2.05, 4.69) is 4.72 Å². The Hall–Kier alpha value is -1.93. The van der Waals surface area contributed by atoms with E-state index in [4.69, 9.17) is 5.11 Å². The normalized spacial score (nSPS) is 11.2. The maximum atomic E-state index is 11.9. The molecular formula is C14H20N2O5S. The summed E-state index contributed by atoms with van der Waals surface area (Å²) < 4.78 is 25.4. The van der Waals surface area contributed by atoms with E-state index in [0.29, 0.717) is 13.0 Å². The van der Waals surface area contributed by atoms with Crippen molar-refractivity contribution in [2.45, 2.75) is 24.7 Å². The summed E-state index contributed by atoms with van der Waals surface area (Å²) in [5.41, 5.74) is 0.815. The molecule has 0 fully saturated rings. The number of benzene rings is 1. The fourth-order valence-corrected chi connectivity index (χ4v) is 2.63. The van der Waals surface area contributed by atoms with Gasteiger partial charge in [0.2, 0.25) is 15.9 Å². The Morgan fingerprint density at radius 1 is 1.23 bits per heavy atom. The van der Waals surface area contributed by atoms with E-state index in [9.17, 15) is 18.0 Å². The number of hydrogen-bond acceptors (Lipinski definition) is 4. The number of sulfonamides is 1. The average molecular weight is 328 g/mol. The molecule has 0 aliphatic rings. The van der Waals surface area contributed by atoms with Crippen molar-refractivity contribution < 1.29 is 23.1 Å². The van der Waals surface area contributed by atoms with Gasteiger partial charge in [0, 0.05) is 13.0 Å². The highest BCUT2D eigenvalue weighted by Gasteiger charge is 2.15. The van der Waals surface area contributed by atoms with E-state index in [1.807, 2.05) is 0 Å². The molecule has 1 amide bonds. The summed E-state index contributed by atoms with van der Waals surface area (Å²) in [5.74, 6) is -1.28. The number of carboxylic acid groups (broad SMARTS) is 1. The Labute approximate surface area is 130 Å². The number of aryl methyl sites for hydroxylation is 1. The molecule has 0 aromatic heterocycles. The molecule has 122 valence electrons. The quantitative estimate of drug-likeness (QED) is 0.721. The molecule has 0 bridgehead atoms. The van der Waals surface area contributed by atoms with Crippen LogP contribution in [0.15, 0.2) is 29.2 Å². The SMILES string of the molecule is CCN(CC(=O)O)C(=O)CCc1ccc(S(=O)(=O)NC)cc1. The van der Waals surface area contributed by atoms with Gasteiger partial charge >= 0.3 is 5.97 Å². The van der Waals surface area contributed by atoms with Gasteiger partial charge in [-0.25, -0.2) is 13.1 Å². The number of rotatable bonds is 8. The third-order valence-electron chi connectivity index (χ3n) is 3.19. The summed E-state index contributed by atoms with van der Waals surface area (Å²) in [4.78, 5) is 24.0. The fourth-order valence-electron chi connectivity index (χ4n) is 1.90. The highest BCUT2D eigenvalue weighted by atomic mass is 32.2. The maximum Gasteiger partial charge on any atom is 0.323 e. The van der Waals surface area contributed by atoms with E-state index < -0.39 is 16.0 Å². The summed E-state index contributed by atoms with van der Waals surface area (Å²) in [6, 6.07) is 6.23. The van der Waals surface area contributed by atoms with Crippen LogP contribution in [0.3, 0.4) is 0 Å². The van der Waals surface area contributed by atoms with Gasteiger partial charge in [-0.05, 0) is 38.1 Å². The average Bonchev–Trinajstić information content (AvgIpc) is 2.50. The van der Waals surface area contributed by atoms with Gasteiger partial charge in [-0.3, -0.25) is 9.59 Å². The summed E-state index contributed by atoms with van der Waals surface area (Å²) in [5, 5.41) is 8.72. The van der Waals surface area contributed by atoms with Crippen LogP contribution < -0.4 is 4.72 Å². The summed E-state index contributed by atoms with van der Waals surface area (Å²) >= 11 is 0. The molecule has 0 aliphatic carbocycles. The van der Waals surface area contributed by atoms with Crippen molar-refractivity contribution >= 4 is 21.9 Å². The van der Waals surface area contributed by atoms with E-state index in [1.165, 1.54) is 24.1 Å². The standard InChI is InChI=1S/C14H20N2O5S/c1-3-16(10-14(18)19)13(17)9-6-11-4-7-12(8-5-11)22(20,21)15-2/h4-5,7-8,15H,3,6,9-10H2,1-2H3,(H,18,19). The molecular weight excluding hydrogens is 308 g/mol. The molecule has 0 atom stereocenters. The van der Waals surface area contributed by atoms with E-state index in [0.717, 1.165) is 5.56 Å². The van der Waals surface area contributed by atoms with Crippen LogP contribution in [0.2, 0.25) is 0 Å². The Morgan fingerprint density at radius 2 is 1.82 bits per heavy atom. The van der Waals surface area contributed by atoms with Gasteiger partial charge in [-0.1, -0.05) is 12.1 Å². The first kappa shape index (κ1) is 18.1. The minimum Gasteiger partial charge on any atom is -0.480 e. The van der Waals surface area contributed by atoms with Gasteiger partial charge in [0.25, 0.3) is 0 Å². The number of hydrogen-bond donors (Lipinski definition) is 2. The van der Waals surface area contributed by atoms with E-state index in [-0.39, 0.29) is 23.8 Å². The second kappa shape index (κ2) is 7.90. The molecule has 0 saturated heterocycles. The summed E-state index contributed by atoms with van der Waals surface area (Å²) in [6.07, 6.45) is 0.605. The van der Waals surface area contributed by atoms with Crippen molar-refractivity contribution in [2.24, 2.45) is 0 Å². The van der Waals surface area contributed by atoms with Crippen LogP contribution >= 0.6 is 0 Å². The maximum absolute atomic E-state index is 11.9. The zero-order valence-electron chi connectivity index (χ0n) is 12.6. The molecule has 1 aromatic carbocycles. The number of likely N-dealkylation sites (N-methyl/N-ethyl adjacent to an activating group) is 1. The molecule has 22 heavy (non-hydrogen) atoms. The summed E-state index contributed by atoms with van der Waals surface area (Å²) in [7, 11) is -2.13. The largest absolute Gasteiger partial charge is 0.480 e. The monoisotopic (exact) mass is 328 g/mol. The lowest BCUT2D eigenvalue weighted by molar-refractivity contribution is -0.144. The van der Waals surface area contributed by atoms with Gasteiger partial charge in [-0.15, -0.1) is 0 Å². The number of nitrogens with zero attached hydrogens (tertiary/aromatic N) is 1. The molecule has 0 unspecified atom stereocenters. The lowest BCUT2D eigenvalue weighted by Gasteiger charge is -2.18. The van der Waals surface area contributed by atoms with E-state index in [1.54, 1.807) is 19.1 Å². The zero-order chi connectivity index (χ0) is 16.8. The lowest BCUT2D eigenvalue weighted by Crippen LogP contribution is -2.35. The first-order chi connectivity index (χ1) is 10.3. The second-order valence-electron chi connectivity index (χ2n) is 4.65. The van der Waals surface area contributed by atoms with Crippen LogP contribution in [-0.4, -0.2) is 50.4 Å². The number of carbonyl (C=O) groups excluding carboxylic acids is 1. The molecule has 7 nitrogen and oxygen atoms in total. The minimum atomic E-state index is -3.47. The Kier molecular flexibility index (Phi) is 6.51. The van der Waals surface area contributed by atoms with Crippen molar-refractivity contribution in [1.29, 1.82) is 0 Å². The first-order valence-electron chi connectivity index (χ1n) is 6.82. The van der Waals surface area contributed by atoms with Crippen molar-refractivity contribution in [3.63, 3.8) is 0 Å². The zero-order valence-corrected chi connectivity index (χ0v) is 13.4. The minimum absolute atomic E-state index is 0.158. The molecule has 8 heteroatoms. The van der Waals surface area contributed by atoms with Crippen molar-refractivity contribution in [3.05, 3.63) is 29.8 Å². The molecule has 0 spiro atoms. The van der Waals surface area contributed by atoms with Crippen molar-refractivity contribution in [1.82, 2.24) is 9.62 Å². The number of carbonyl (C=O) groups is 2. The van der Waals surface area contributed by atoms with Crippen molar-refractivity contribution in [2.75, 3.05) is 20.1 Å². The Bertz CT molecular complexity index is 625. The van der Waals surface area contributed by atoms with Gasteiger partial charge in [0.05, 0.1) is 4.90 Å². The third kappa shape index (κ3) is 5.12. The van der Waals surface area contributed by atoms with Crippen LogP contribution in [0.1, 0.15) is 18.9 Å². The number of amides is 1. The van der Waals surface area contributed by atoms with Crippen molar-refractivity contribution in [3.8, 4) is 0 Å². The molecule has 0 heterocycles. The highest BCUT2D eigenvalue weighted by molar-refractivity contribution is 7.89. The number of nitrogens with one attached hydrogen (secondary N) is 1. The molecule has 1 rings (SSSR count). The molecule has 0 radical (unpaired) electrons. The van der Waals surface area contributed by atoms with Gasteiger partial charge in [-0.2, -0.15) is 0 Å². The van der Waals surface area contributed by atoms with E-state index >= 15 is 0 Å². The third-order valence-corrected chi connectivity index (χ3v) is 4.62. The van der Waals surface area contributed by atoms with Gasteiger partial charge in [0.1, 0.15) is 6.54 Å². The number of carboxylic acids is 1. The molecule has 0 saturated carbocycles. The smallest absolute Gasteiger partial charge is 0.323 e. The van der Waals surface area contributed by atoms with Crippen LogP contribution in [0.4, 0.5) is 0 Å². The van der Waals surface area contributed by atoms with Crippen LogP contribution in [-0.2, 0) is 26.0 Å². The van der Waals surface area contributed by atoms with Gasteiger partial charge < -0.3 is 10.0 Å². The van der Waals surface area contributed by atoms with Crippen LogP contribution in [0.25, 0.3) is 0 Å². The molecule has 0 aliphatic heterocycles. The highest BCUT2D eigenvalue weighted by Crippen LogP contribution is 2.12. The predicted molar refractivity (Wildman–Crippen MR) is 80.9 cm³/mol. The lowest BCUT2D eigenvalue weighted by atomic mass is 10.1. The number of aliphatic carboxylic acids is 1. The second-order valence-corrected chi connectivity index (χ2v) is 6.54. The predicted octanol–water partition coefficient (Wildman–Crippen LogP) is 0.460. The Balaban J connectivity index is 2.65. The van der Waals surface area contributed by atoms with Crippen LogP contribution in [0, 0.1) is 0 Å². The van der Waals surface area contributed by atoms with Crippen LogP contribution in [0.5, 0.6) is 0 Å². The summed E-state index contributed by atoms with van der Waals surface area (Å²) in [6.45, 7) is 1.75. The Morgan fingerprint density at radius 3 is 2.27 bits per heavy atom. The molecule has 2 N–H and O–H groups in total. The first-order valence-corrected chi connectivity index (χ1v) is 8.30. The topological polar surface area (TPSA) is 104 Å². The van der Waals surface area contributed by atoms with Gasteiger partial charge in [0.15, 0.2) is 0 Å².